The molecule has 14 heavy (non-hydrogen) atoms. The summed E-state index contributed by atoms with van der Waals surface area (Å²) in [6, 6.07) is 5.98. The van der Waals surface area contributed by atoms with Crippen LogP contribution < -0.4 is 5.73 Å². The number of hydrogen-bond acceptors (Lipinski definition) is 4. The molecule has 1 unspecified atom stereocenters. The molecule has 3 nitrogen and oxygen atoms in total. The number of hydrogen-bond donors (Lipinski definition) is 1. The van der Waals surface area contributed by atoms with Crippen molar-refractivity contribution < 1.29 is 0 Å². The van der Waals surface area contributed by atoms with E-state index in [0.717, 1.165) is 10.6 Å². The van der Waals surface area contributed by atoms with Crippen LogP contribution in [0.3, 0.4) is 0 Å². The van der Waals surface area contributed by atoms with Gasteiger partial charge in [-0.15, -0.1) is 11.8 Å². The molecule has 0 fully saturated rings. The van der Waals surface area contributed by atoms with Crippen LogP contribution in [0.1, 0.15) is 13.3 Å². The van der Waals surface area contributed by atoms with Gasteiger partial charge in [0.1, 0.15) is 5.54 Å². The van der Waals surface area contributed by atoms with Gasteiger partial charge in [0.25, 0.3) is 0 Å². The summed E-state index contributed by atoms with van der Waals surface area (Å²) < 4.78 is 0. The molecule has 0 aromatic carbocycles. The van der Waals surface area contributed by atoms with E-state index >= 15 is 0 Å². The molecule has 4 heteroatoms. The minimum atomic E-state index is -0.708. The molecule has 0 aliphatic heterocycles. The van der Waals surface area contributed by atoms with Crippen molar-refractivity contribution >= 4 is 11.8 Å². The Hall–Kier alpha value is -1.05. The Bertz CT molecular complexity index is 316. The van der Waals surface area contributed by atoms with E-state index in [-0.39, 0.29) is 0 Å². The van der Waals surface area contributed by atoms with Crippen molar-refractivity contribution in [2.75, 3.05) is 5.75 Å². The standard InChI is InChI=1S/C10H13N3S/c1-10(12,8-11)4-7-14-9-2-5-13-6-3-9/h2-3,5-6H,4,7,12H2,1H3. The van der Waals surface area contributed by atoms with Crippen LogP contribution in [0.5, 0.6) is 0 Å². The molecule has 1 heterocycles. The highest BCUT2D eigenvalue weighted by Crippen LogP contribution is 2.19. The molecule has 74 valence electrons. The molecule has 0 spiro atoms. The Balaban J connectivity index is 2.34. The summed E-state index contributed by atoms with van der Waals surface area (Å²) in [4.78, 5) is 5.09. The average molecular weight is 207 g/mol. The number of nitriles is 1. The minimum absolute atomic E-state index is 0.691. The van der Waals surface area contributed by atoms with Gasteiger partial charge in [0, 0.05) is 23.0 Å². The topological polar surface area (TPSA) is 62.7 Å². The maximum atomic E-state index is 8.70. The van der Waals surface area contributed by atoms with Crippen LogP contribution >= 0.6 is 11.8 Å². The lowest BCUT2D eigenvalue weighted by Gasteiger charge is -2.13. The van der Waals surface area contributed by atoms with Crippen molar-refractivity contribution in [3.63, 3.8) is 0 Å². The summed E-state index contributed by atoms with van der Waals surface area (Å²) in [5.74, 6) is 0.852. The summed E-state index contributed by atoms with van der Waals surface area (Å²) in [5.41, 5.74) is 4.99. The van der Waals surface area contributed by atoms with Gasteiger partial charge < -0.3 is 5.73 Å². The van der Waals surface area contributed by atoms with E-state index in [1.807, 2.05) is 12.1 Å². The van der Waals surface area contributed by atoms with E-state index in [1.165, 1.54) is 0 Å². The van der Waals surface area contributed by atoms with Gasteiger partial charge in [-0.1, -0.05) is 0 Å². The molecule has 1 rings (SSSR count). The lowest BCUT2D eigenvalue weighted by atomic mass is 10.0. The molecule has 1 atom stereocenters. The third kappa shape index (κ3) is 3.77. The first-order valence-electron chi connectivity index (χ1n) is 4.37. The van der Waals surface area contributed by atoms with Crippen LogP contribution in [-0.2, 0) is 0 Å². The average Bonchev–Trinajstić information content (AvgIpc) is 2.19. The Morgan fingerprint density at radius 1 is 1.57 bits per heavy atom. The van der Waals surface area contributed by atoms with Crippen molar-refractivity contribution in [1.29, 1.82) is 5.26 Å². The first kappa shape index (κ1) is 11.0. The lowest BCUT2D eigenvalue weighted by Crippen LogP contribution is -2.34. The zero-order valence-corrected chi connectivity index (χ0v) is 8.92. The minimum Gasteiger partial charge on any atom is -0.314 e. The highest BCUT2D eigenvalue weighted by Gasteiger charge is 2.16. The molecule has 1 aromatic rings. The molecular formula is C10H13N3S. The first-order valence-corrected chi connectivity index (χ1v) is 5.35. The van der Waals surface area contributed by atoms with Crippen molar-refractivity contribution in [2.45, 2.75) is 23.8 Å². The fraction of sp³-hybridized carbons (Fsp3) is 0.400. The molecule has 1 aromatic heterocycles. The lowest BCUT2D eigenvalue weighted by molar-refractivity contribution is 0.583. The molecule has 2 N–H and O–H groups in total. The number of nitrogens with zero attached hydrogens (tertiary/aromatic N) is 2. The third-order valence-electron chi connectivity index (χ3n) is 1.80. The van der Waals surface area contributed by atoms with Crippen LogP contribution in [0, 0.1) is 11.3 Å². The van der Waals surface area contributed by atoms with Crippen molar-refractivity contribution in [3.05, 3.63) is 24.5 Å². The van der Waals surface area contributed by atoms with Gasteiger partial charge in [-0.3, -0.25) is 4.98 Å². The van der Waals surface area contributed by atoms with Crippen molar-refractivity contribution in [2.24, 2.45) is 5.73 Å². The summed E-state index contributed by atoms with van der Waals surface area (Å²) in [6.45, 7) is 1.75. The van der Waals surface area contributed by atoms with E-state index < -0.39 is 5.54 Å². The number of nitrogens with two attached hydrogens (primary N) is 1. The van der Waals surface area contributed by atoms with Gasteiger partial charge in [0.15, 0.2) is 0 Å². The predicted molar refractivity (Wildman–Crippen MR) is 57.8 cm³/mol. The second-order valence-corrected chi connectivity index (χ2v) is 4.48. The first-order chi connectivity index (χ1) is 6.64. The molecule has 0 aliphatic rings. The molecule has 0 saturated carbocycles. The highest BCUT2D eigenvalue weighted by atomic mass is 32.2. The SMILES string of the molecule is CC(N)(C#N)CCSc1ccncc1. The quantitative estimate of drug-likeness (QED) is 0.765. The van der Waals surface area contributed by atoms with Crippen LogP contribution in [0.4, 0.5) is 0 Å². The van der Waals surface area contributed by atoms with E-state index in [9.17, 15) is 0 Å². The fourth-order valence-corrected chi connectivity index (χ4v) is 1.95. The molecule has 0 saturated heterocycles. The van der Waals surface area contributed by atoms with E-state index in [4.69, 9.17) is 11.0 Å². The van der Waals surface area contributed by atoms with Gasteiger partial charge >= 0.3 is 0 Å². The molecule has 0 aliphatic carbocycles. The van der Waals surface area contributed by atoms with E-state index in [1.54, 1.807) is 31.1 Å². The van der Waals surface area contributed by atoms with Gasteiger partial charge in [-0.25, -0.2) is 0 Å². The van der Waals surface area contributed by atoms with Gasteiger partial charge in [0.2, 0.25) is 0 Å². The summed E-state index contributed by atoms with van der Waals surface area (Å²) >= 11 is 1.69. The van der Waals surface area contributed by atoms with Crippen molar-refractivity contribution in [3.8, 4) is 6.07 Å². The Kier molecular flexibility index (Phi) is 3.93. The fourth-order valence-electron chi connectivity index (χ4n) is 0.871. The van der Waals surface area contributed by atoms with Crippen LogP contribution in [-0.4, -0.2) is 16.3 Å². The number of aromatic nitrogens is 1. The number of pyridine rings is 1. The zero-order valence-electron chi connectivity index (χ0n) is 8.10. The largest absolute Gasteiger partial charge is 0.314 e. The molecule has 0 bridgehead atoms. The second-order valence-electron chi connectivity index (χ2n) is 3.31. The molecule has 0 amide bonds. The van der Waals surface area contributed by atoms with E-state index in [0.29, 0.717) is 6.42 Å². The van der Waals surface area contributed by atoms with Gasteiger partial charge in [-0.05, 0) is 25.5 Å². The maximum Gasteiger partial charge on any atom is 0.102 e. The Morgan fingerprint density at radius 3 is 2.79 bits per heavy atom. The number of rotatable bonds is 4. The summed E-state index contributed by atoms with van der Waals surface area (Å²) in [5, 5.41) is 8.70. The second kappa shape index (κ2) is 4.99. The van der Waals surface area contributed by atoms with Crippen LogP contribution in [0.2, 0.25) is 0 Å². The summed E-state index contributed by atoms with van der Waals surface area (Å²) in [7, 11) is 0. The summed E-state index contributed by atoms with van der Waals surface area (Å²) in [6.07, 6.45) is 4.21. The van der Waals surface area contributed by atoms with Gasteiger partial charge in [0.05, 0.1) is 6.07 Å². The Morgan fingerprint density at radius 2 is 2.21 bits per heavy atom. The number of thioether (sulfide) groups is 1. The Labute approximate surface area is 88.3 Å². The maximum absolute atomic E-state index is 8.70. The molecular weight excluding hydrogens is 194 g/mol. The van der Waals surface area contributed by atoms with Crippen LogP contribution in [0.25, 0.3) is 0 Å². The third-order valence-corrected chi connectivity index (χ3v) is 2.81. The smallest absolute Gasteiger partial charge is 0.102 e. The van der Waals surface area contributed by atoms with Crippen molar-refractivity contribution in [1.82, 2.24) is 4.98 Å². The monoisotopic (exact) mass is 207 g/mol. The molecule has 0 radical (unpaired) electrons. The highest BCUT2D eigenvalue weighted by molar-refractivity contribution is 7.99. The predicted octanol–water partition coefficient (Wildman–Crippen LogP) is 1.80. The van der Waals surface area contributed by atoms with E-state index in [2.05, 4.69) is 11.1 Å². The normalized spacial score (nSPS) is 14.4. The van der Waals surface area contributed by atoms with Crippen LogP contribution in [0.15, 0.2) is 29.4 Å². The van der Waals surface area contributed by atoms with Gasteiger partial charge in [-0.2, -0.15) is 5.26 Å². The zero-order chi connectivity index (χ0) is 10.4.